The van der Waals surface area contributed by atoms with Gasteiger partial charge in [0.2, 0.25) is 0 Å². The summed E-state index contributed by atoms with van der Waals surface area (Å²) < 4.78 is 0. The fourth-order valence-electron chi connectivity index (χ4n) is 5.16. The van der Waals surface area contributed by atoms with Crippen LogP contribution in [0.1, 0.15) is 24.6 Å². The lowest BCUT2D eigenvalue weighted by atomic mass is 9.64. The zero-order valence-electron chi connectivity index (χ0n) is 12.4. The molecule has 2 saturated heterocycles. The Hall–Kier alpha value is -1.80. The Labute approximate surface area is 125 Å². The van der Waals surface area contributed by atoms with E-state index in [2.05, 4.69) is 53.7 Å². The second-order valence-electron chi connectivity index (χ2n) is 6.73. The van der Waals surface area contributed by atoms with Gasteiger partial charge in [-0.25, -0.2) is 0 Å². The highest BCUT2D eigenvalue weighted by molar-refractivity contribution is 5.92. The Kier molecular flexibility index (Phi) is 2.08. The van der Waals surface area contributed by atoms with Crippen LogP contribution in [0.25, 0.3) is 16.5 Å². The summed E-state index contributed by atoms with van der Waals surface area (Å²) in [6, 6.07) is 9.31. The molecule has 5 rings (SSSR count). The van der Waals surface area contributed by atoms with Gasteiger partial charge in [-0.15, -0.1) is 0 Å². The first-order valence-electron chi connectivity index (χ1n) is 7.95. The van der Waals surface area contributed by atoms with Crippen molar-refractivity contribution in [1.82, 2.24) is 9.88 Å². The molecule has 1 aromatic heterocycles. The van der Waals surface area contributed by atoms with E-state index in [1.807, 2.05) is 0 Å². The molecule has 1 aliphatic carbocycles. The van der Waals surface area contributed by atoms with Crippen LogP contribution in [-0.4, -0.2) is 29.0 Å². The maximum Gasteiger partial charge on any atom is 0.0461 e. The van der Waals surface area contributed by atoms with Gasteiger partial charge < -0.3 is 4.98 Å². The fraction of sp³-hybridized carbons (Fsp3) is 0.368. The van der Waals surface area contributed by atoms with Gasteiger partial charge in [0, 0.05) is 41.1 Å². The molecular weight excluding hydrogens is 256 g/mol. The minimum atomic E-state index is 0.211. The summed E-state index contributed by atoms with van der Waals surface area (Å²) >= 11 is 0. The molecule has 1 unspecified atom stereocenters. The number of fused-ring (bicyclic) bond motifs is 3. The Balaban J connectivity index is 1.79. The molecular formula is C19H20N2. The predicted molar refractivity (Wildman–Crippen MR) is 87.2 cm³/mol. The van der Waals surface area contributed by atoms with Crippen LogP contribution in [0.2, 0.25) is 0 Å². The van der Waals surface area contributed by atoms with Crippen LogP contribution in [-0.2, 0) is 6.42 Å². The maximum atomic E-state index is 4.56. The van der Waals surface area contributed by atoms with E-state index >= 15 is 0 Å². The standard InChI is InChI=1S/C19H20N2/c1-3-13-11-21-9-8-19(13)12(2)18-15(10-17(19)21)14-6-4-5-7-16(14)20-18/h3-7,17,20H,2,8-11H2,1H3/b13-3-/t17-,19-/m1/s1. The van der Waals surface area contributed by atoms with E-state index in [1.54, 1.807) is 5.57 Å². The third-order valence-electron chi connectivity index (χ3n) is 6.15. The first kappa shape index (κ1) is 11.8. The summed E-state index contributed by atoms with van der Waals surface area (Å²) in [7, 11) is 0. The fourth-order valence-corrected chi connectivity index (χ4v) is 5.16. The normalized spacial score (nSPS) is 35.5. The number of nitrogens with one attached hydrogen (secondary N) is 1. The van der Waals surface area contributed by atoms with Gasteiger partial charge in [0.05, 0.1) is 0 Å². The molecule has 21 heavy (non-hydrogen) atoms. The van der Waals surface area contributed by atoms with Crippen LogP contribution in [0.5, 0.6) is 0 Å². The summed E-state index contributed by atoms with van der Waals surface area (Å²) in [5.41, 5.74) is 7.19. The molecule has 2 bridgehead atoms. The predicted octanol–water partition coefficient (Wildman–Crippen LogP) is 3.76. The number of para-hydroxylation sites is 1. The van der Waals surface area contributed by atoms with E-state index in [0.717, 1.165) is 13.0 Å². The lowest BCUT2D eigenvalue weighted by Crippen LogP contribution is -2.37. The van der Waals surface area contributed by atoms with Crippen molar-refractivity contribution in [2.45, 2.75) is 25.8 Å². The largest absolute Gasteiger partial charge is 0.355 e. The molecule has 0 amide bonds. The average Bonchev–Trinajstić information content (AvgIpc) is 3.16. The summed E-state index contributed by atoms with van der Waals surface area (Å²) in [5, 5.41) is 1.39. The first-order valence-corrected chi connectivity index (χ1v) is 7.95. The molecule has 0 spiro atoms. The molecule has 2 aromatic rings. The molecule has 2 nitrogen and oxygen atoms in total. The summed E-state index contributed by atoms with van der Waals surface area (Å²) in [4.78, 5) is 6.33. The molecule has 3 aliphatic rings. The van der Waals surface area contributed by atoms with Gasteiger partial charge >= 0.3 is 0 Å². The van der Waals surface area contributed by atoms with E-state index in [1.165, 1.54) is 40.7 Å². The second-order valence-corrected chi connectivity index (χ2v) is 6.73. The summed E-state index contributed by atoms with van der Waals surface area (Å²) in [5.74, 6) is 0. The molecule has 1 aromatic carbocycles. The number of H-pyrrole nitrogens is 1. The number of hydrogen-bond donors (Lipinski definition) is 1. The van der Waals surface area contributed by atoms with E-state index < -0.39 is 0 Å². The highest BCUT2D eigenvalue weighted by atomic mass is 15.2. The Morgan fingerprint density at radius 3 is 3.10 bits per heavy atom. The second kappa shape index (κ2) is 3.69. The number of benzene rings is 1. The minimum Gasteiger partial charge on any atom is -0.355 e. The third-order valence-corrected chi connectivity index (χ3v) is 6.15. The van der Waals surface area contributed by atoms with Crippen molar-refractivity contribution in [2.75, 3.05) is 13.1 Å². The van der Waals surface area contributed by atoms with E-state index in [4.69, 9.17) is 0 Å². The van der Waals surface area contributed by atoms with Crippen molar-refractivity contribution >= 4 is 16.5 Å². The zero-order valence-corrected chi connectivity index (χ0v) is 12.4. The van der Waals surface area contributed by atoms with Crippen LogP contribution in [0.3, 0.4) is 0 Å². The van der Waals surface area contributed by atoms with Gasteiger partial charge in [0.25, 0.3) is 0 Å². The first-order chi connectivity index (χ1) is 10.3. The molecule has 2 fully saturated rings. The molecule has 3 heterocycles. The summed E-state index contributed by atoms with van der Waals surface area (Å²) in [6.45, 7) is 9.12. The Morgan fingerprint density at radius 1 is 1.38 bits per heavy atom. The van der Waals surface area contributed by atoms with E-state index in [-0.39, 0.29) is 5.41 Å². The number of rotatable bonds is 0. The highest BCUT2D eigenvalue weighted by Crippen LogP contribution is 2.60. The van der Waals surface area contributed by atoms with Crippen molar-refractivity contribution in [3.63, 3.8) is 0 Å². The SMILES string of the molecule is C=C1c2[nH]c3ccccc3c2C[C@H]2N3CC[C@]12/C(=C\C)C3. The number of hydrogen-bond acceptors (Lipinski definition) is 1. The van der Waals surface area contributed by atoms with E-state index in [9.17, 15) is 0 Å². The number of aromatic nitrogens is 1. The van der Waals surface area contributed by atoms with Crippen molar-refractivity contribution in [1.29, 1.82) is 0 Å². The van der Waals surface area contributed by atoms with Crippen LogP contribution in [0, 0.1) is 5.41 Å². The van der Waals surface area contributed by atoms with Gasteiger partial charge in [-0.05, 0) is 42.5 Å². The van der Waals surface area contributed by atoms with Crippen LogP contribution in [0.15, 0.2) is 42.5 Å². The van der Waals surface area contributed by atoms with Gasteiger partial charge in [0.1, 0.15) is 0 Å². The van der Waals surface area contributed by atoms with Crippen molar-refractivity contribution < 1.29 is 0 Å². The van der Waals surface area contributed by atoms with Gasteiger partial charge in [-0.1, -0.05) is 30.9 Å². The number of nitrogens with zero attached hydrogens (tertiary/aromatic N) is 1. The zero-order chi connectivity index (χ0) is 14.2. The van der Waals surface area contributed by atoms with Crippen LogP contribution >= 0.6 is 0 Å². The lowest BCUT2D eigenvalue weighted by molar-refractivity contribution is 0.287. The van der Waals surface area contributed by atoms with Crippen molar-refractivity contribution in [2.24, 2.45) is 5.41 Å². The monoisotopic (exact) mass is 276 g/mol. The molecule has 106 valence electrons. The van der Waals surface area contributed by atoms with E-state index in [0.29, 0.717) is 6.04 Å². The van der Waals surface area contributed by atoms with Gasteiger partial charge in [-0.3, -0.25) is 4.90 Å². The quantitative estimate of drug-likeness (QED) is 0.726. The highest BCUT2D eigenvalue weighted by Gasteiger charge is 2.59. The third kappa shape index (κ3) is 1.20. The molecule has 0 saturated carbocycles. The summed E-state index contributed by atoms with van der Waals surface area (Å²) in [6.07, 6.45) is 4.74. The molecule has 2 aliphatic heterocycles. The number of allylic oxidation sites excluding steroid dienone is 1. The topological polar surface area (TPSA) is 19.0 Å². The molecule has 1 N–H and O–H groups in total. The smallest absolute Gasteiger partial charge is 0.0461 e. The van der Waals surface area contributed by atoms with Gasteiger partial charge in [0.15, 0.2) is 0 Å². The van der Waals surface area contributed by atoms with Crippen molar-refractivity contribution in [3.8, 4) is 0 Å². The molecule has 3 atom stereocenters. The van der Waals surface area contributed by atoms with Gasteiger partial charge in [-0.2, -0.15) is 0 Å². The lowest BCUT2D eigenvalue weighted by Gasteiger charge is -2.38. The average molecular weight is 276 g/mol. The maximum absolute atomic E-state index is 4.56. The molecule has 0 radical (unpaired) electrons. The number of aromatic amines is 1. The minimum absolute atomic E-state index is 0.211. The van der Waals surface area contributed by atoms with Crippen LogP contribution in [0.4, 0.5) is 0 Å². The number of piperidine rings is 1. The Bertz CT molecular complexity index is 810. The van der Waals surface area contributed by atoms with Crippen LogP contribution < -0.4 is 0 Å². The molecule has 2 heteroatoms. The Morgan fingerprint density at radius 2 is 2.24 bits per heavy atom. The van der Waals surface area contributed by atoms with Crippen molar-refractivity contribution in [3.05, 3.63) is 53.8 Å².